The molecule has 154 valence electrons. The average Bonchev–Trinajstić information content (AvgIpc) is 3.31. The van der Waals surface area contributed by atoms with Gasteiger partial charge in [-0.1, -0.05) is 50.7 Å². The number of nitrogens with zero attached hydrogens (tertiary/aromatic N) is 6. The van der Waals surface area contributed by atoms with Gasteiger partial charge < -0.3 is 5.32 Å². The number of amides is 1. The summed E-state index contributed by atoms with van der Waals surface area (Å²) in [6.45, 7) is 6.29. The molecule has 0 spiro atoms. The lowest BCUT2D eigenvalue weighted by Gasteiger charge is -2.14. The minimum absolute atomic E-state index is 0.131. The SMILES string of the molecule is Cn1ncc2c(SCC(=O)Nc3cc(C(C)(C)C)nn3-c3ccccc3)ncnc21. The number of hydrogen-bond acceptors (Lipinski definition) is 6. The number of aromatic nitrogens is 6. The lowest BCUT2D eigenvalue weighted by molar-refractivity contribution is -0.113. The number of fused-ring (bicyclic) bond motifs is 1. The molecule has 0 unspecified atom stereocenters. The molecule has 30 heavy (non-hydrogen) atoms. The molecule has 1 N–H and O–H groups in total. The van der Waals surface area contributed by atoms with E-state index >= 15 is 0 Å². The van der Waals surface area contributed by atoms with Gasteiger partial charge in [0.15, 0.2) is 5.65 Å². The van der Waals surface area contributed by atoms with Crippen molar-refractivity contribution in [2.45, 2.75) is 31.2 Å². The highest BCUT2D eigenvalue weighted by Gasteiger charge is 2.21. The van der Waals surface area contributed by atoms with Crippen LogP contribution in [0.2, 0.25) is 0 Å². The van der Waals surface area contributed by atoms with Gasteiger partial charge in [-0.2, -0.15) is 10.2 Å². The van der Waals surface area contributed by atoms with E-state index in [-0.39, 0.29) is 17.1 Å². The fourth-order valence-electron chi connectivity index (χ4n) is 2.97. The van der Waals surface area contributed by atoms with E-state index in [0.717, 1.165) is 27.4 Å². The Morgan fingerprint density at radius 2 is 1.93 bits per heavy atom. The predicted octanol–water partition coefficient (Wildman–Crippen LogP) is 3.58. The summed E-state index contributed by atoms with van der Waals surface area (Å²) in [6, 6.07) is 11.7. The van der Waals surface area contributed by atoms with Crippen LogP contribution in [0.15, 0.2) is 53.9 Å². The van der Waals surface area contributed by atoms with Crippen LogP contribution in [0.5, 0.6) is 0 Å². The Morgan fingerprint density at radius 3 is 2.67 bits per heavy atom. The van der Waals surface area contributed by atoms with Gasteiger partial charge in [0.05, 0.1) is 28.7 Å². The van der Waals surface area contributed by atoms with E-state index in [9.17, 15) is 4.79 Å². The van der Waals surface area contributed by atoms with Crippen LogP contribution in [-0.4, -0.2) is 41.2 Å². The summed E-state index contributed by atoms with van der Waals surface area (Å²) in [5.41, 5.74) is 2.40. The summed E-state index contributed by atoms with van der Waals surface area (Å²) in [4.78, 5) is 21.3. The Hall–Kier alpha value is -3.20. The molecular weight excluding hydrogens is 398 g/mol. The third kappa shape index (κ3) is 4.06. The summed E-state index contributed by atoms with van der Waals surface area (Å²) in [5, 5.41) is 13.5. The predicted molar refractivity (Wildman–Crippen MR) is 118 cm³/mol. The van der Waals surface area contributed by atoms with Crippen LogP contribution in [0.25, 0.3) is 16.7 Å². The first-order chi connectivity index (χ1) is 14.3. The molecule has 4 aromatic rings. The van der Waals surface area contributed by atoms with E-state index in [1.165, 1.54) is 18.1 Å². The quantitative estimate of drug-likeness (QED) is 0.391. The third-order valence-corrected chi connectivity index (χ3v) is 5.58. The van der Waals surface area contributed by atoms with Gasteiger partial charge in [-0.25, -0.2) is 14.6 Å². The standard InChI is InChI=1S/C21H23N7OS/c1-21(2,3)16-10-17(28(26-16)14-8-6-5-7-9-14)25-18(29)12-30-20-15-11-24-27(4)19(15)22-13-23-20/h5-11,13H,12H2,1-4H3,(H,25,29). The molecule has 1 amide bonds. The smallest absolute Gasteiger partial charge is 0.235 e. The zero-order valence-corrected chi connectivity index (χ0v) is 18.1. The van der Waals surface area contributed by atoms with Gasteiger partial charge in [0.25, 0.3) is 0 Å². The Bertz CT molecular complexity index is 1190. The van der Waals surface area contributed by atoms with Crippen LogP contribution >= 0.6 is 11.8 Å². The zero-order chi connectivity index (χ0) is 21.3. The van der Waals surface area contributed by atoms with E-state index in [0.29, 0.717) is 5.82 Å². The number of thioether (sulfide) groups is 1. The first-order valence-corrected chi connectivity index (χ1v) is 10.5. The number of anilines is 1. The fourth-order valence-corrected chi connectivity index (χ4v) is 3.73. The maximum absolute atomic E-state index is 12.7. The Balaban J connectivity index is 1.54. The molecule has 0 aliphatic heterocycles. The summed E-state index contributed by atoms with van der Waals surface area (Å²) in [7, 11) is 1.83. The van der Waals surface area contributed by atoms with Crippen molar-refractivity contribution < 1.29 is 4.79 Å². The van der Waals surface area contributed by atoms with Crippen LogP contribution in [0.3, 0.4) is 0 Å². The van der Waals surface area contributed by atoms with Crippen molar-refractivity contribution in [2.24, 2.45) is 7.05 Å². The van der Waals surface area contributed by atoms with Gasteiger partial charge >= 0.3 is 0 Å². The largest absolute Gasteiger partial charge is 0.310 e. The molecule has 0 aliphatic carbocycles. The van der Waals surface area contributed by atoms with Crippen molar-refractivity contribution in [3.8, 4) is 5.69 Å². The van der Waals surface area contributed by atoms with Crippen molar-refractivity contribution in [3.05, 3.63) is 54.6 Å². The number of nitrogens with one attached hydrogen (secondary N) is 1. The highest BCUT2D eigenvalue weighted by atomic mass is 32.2. The van der Waals surface area contributed by atoms with Gasteiger partial charge in [0, 0.05) is 18.5 Å². The minimum Gasteiger partial charge on any atom is -0.310 e. The molecule has 3 heterocycles. The van der Waals surface area contributed by atoms with Gasteiger partial charge in [0.1, 0.15) is 17.2 Å². The monoisotopic (exact) mass is 421 g/mol. The lowest BCUT2D eigenvalue weighted by atomic mass is 9.92. The van der Waals surface area contributed by atoms with E-state index in [2.05, 4.69) is 41.2 Å². The second kappa shape index (κ2) is 7.91. The first kappa shape index (κ1) is 20.1. The van der Waals surface area contributed by atoms with Crippen LogP contribution in [0.1, 0.15) is 26.5 Å². The van der Waals surface area contributed by atoms with Crippen LogP contribution in [0.4, 0.5) is 5.82 Å². The molecule has 0 saturated carbocycles. The molecule has 3 aromatic heterocycles. The van der Waals surface area contributed by atoms with E-state index < -0.39 is 0 Å². The molecule has 9 heteroatoms. The number of hydrogen-bond donors (Lipinski definition) is 1. The molecule has 0 fully saturated rings. The van der Waals surface area contributed by atoms with Crippen molar-refractivity contribution in [1.29, 1.82) is 0 Å². The summed E-state index contributed by atoms with van der Waals surface area (Å²) < 4.78 is 3.46. The zero-order valence-electron chi connectivity index (χ0n) is 17.3. The van der Waals surface area contributed by atoms with Crippen molar-refractivity contribution >= 4 is 34.5 Å². The van der Waals surface area contributed by atoms with E-state index in [1.807, 2.05) is 43.4 Å². The Morgan fingerprint density at radius 1 is 1.17 bits per heavy atom. The summed E-state index contributed by atoms with van der Waals surface area (Å²) in [6.07, 6.45) is 3.21. The Labute approximate surface area is 178 Å². The van der Waals surface area contributed by atoms with E-state index in [1.54, 1.807) is 15.6 Å². The second-order valence-electron chi connectivity index (χ2n) is 7.93. The minimum atomic E-state index is -0.138. The number of benzene rings is 1. The molecule has 1 aromatic carbocycles. The molecule has 0 saturated heterocycles. The maximum Gasteiger partial charge on any atom is 0.235 e. The molecule has 0 bridgehead atoms. The van der Waals surface area contributed by atoms with Crippen molar-refractivity contribution in [1.82, 2.24) is 29.5 Å². The highest BCUT2D eigenvalue weighted by molar-refractivity contribution is 8.00. The van der Waals surface area contributed by atoms with Gasteiger partial charge in [-0.3, -0.25) is 9.48 Å². The second-order valence-corrected chi connectivity index (χ2v) is 8.90. The Kier molecular flexibility index (Phi) is 5.29. The number of para-hydroxylation sites is 1. The average molecular weight is 422 g/mol. The number of carbonyl (C=O) groups is 1. The molecule has 4 rings (SSSR count). The van der Waals surface area contributed by atoms with Crippen LogP contribution in [0, 0.1) is 0 Å². The highest BCUT2D eigenvalue weighted by Crippen LogP contribution is 2.27. The number of aryl methyl sites for hydroxylation is 1. The lowest BCUT2D eigenvalue weighted by Crippen LogP contribution is -2.17. The summed E-state index contributed by atoms with van der Waals surface area (Å²) >= 11 is 1.36. The van der Waals surface area contributed by atoms with Crippen molar-refractivity contribution in [3.63, 3.8) is 0 Å². The fraction of sp³-hybridized carbons (Fsp3) is 0.286. The number of rotatable bonds is 5. The molecular formula is C21H23N7OS. The molecule has 0 aliphatic rings. The number of carbonyl (C=O) groups excluding carboxylic acids is 1. The van der Waals surface area contributed by atoms with Crippen molar-refractivity contribution in [2.75, 3.05) is 11.1 Å². The normalized spacial score (nSPS) is 11.7. The first-order valence-electron chi connectivity index (χ1n) is 9.54. The molecule has 8 nitrogen and oxygen atoms in total. The summed E-state index contributed by atoms with van der Waals surface area (Å²) in [5.74, 6) is 0.727. The van der Waals surface area contributed by atoms with Crippen LogP contribution in [-0.2, 0) is 17.3 Å². The maximum atomic E-state index is 12.7. The topological polar surface area (TPSA) is 90.5 Å². The van der Waals surface area contributed by atoms with E-state index in [4.69, 9.17) is 5.10 Å². The van der Waals surface area contributed by atoms with Crippen LogP contribution < -0.4 is 5.32 Å². The third-order valence-electron chi connectivity index (χ3n) is 4.58. The molecule has 0 radical (unpaired) electrons. The van der Waals surface area contributed by atoms with Gasteiger partial charge in [0.2, 0.25) is 5.91 Å². The van der Waals surface area contributed by atoms with Gasteiger partial charge in [-0.15, -0.1) is 0 Å². The molecule has 0 atom stereocenters. The van der Waals surface area contributed by atoms with Gasteiger partial charge in [-0.05, 0) is 12.1 Å².